The van der Waals surface area contributed by atoms with Crippen LogP contribution in [0.4, 0.5) is 0 Å². The number of rotatable bonds is 8. The number of ether oxygens (including phenoxy) is 1. The summed E-state index contributed by atoms with van der Waals surface area (Å²) in [6.45, 7) is 0.823. The Labute approximate surface area is 168 Å². The number of hydrogen-bond donors (Lipinski definition) is 1. The number of thioether (sulfide) groups is 1. The van der Waals surface area contributed by atoms with Gasteiger partial charge in [0.1, 0.15) is 0 Å². The maximum absolute atomic E-state index is 12.5. The summed E-state index contributed by atoms with van der Waals surface area (Å²) in [5, 5.41) is 11.7. The molecular formula is C17H17BrN6O2S. The fourth-order valence-electron chi connectivity index (χ4n) is 2.24. The molecule has 27 heavy (non-hydrogen) atoms. The molecule has 0 aliphatic heterocycles. The van der Waals surface area contributed by atoms with Crippen molar-refractivity contribution in [1.82, 2.24) is 30.3 Å². The second kappa shape index (κ2) is 9.58. The van der Waals surface area contributed by atoms with Crippen molar-refractivity contribution in [3.05, 3.63) is 58.6 Å². The summed E-state index contributed by atoms with van der Waals surface area (Å²) >= 11 is 4.83. The van der Waals surface area contributed by atoms with Crippen LogP contribution >= 0.6 is 27.7 Å². The first-order chi connectivity index (χ1) is 13.2. The second-order valence-electron chi connectivity index (χ2n) is 5.34. The van der Waals surface area contributed by atoms with Crippen LogP contribution in [0, 0.1) is 0 Å². The largest absolute Gasteiger partial charge is 0.383 e. The minimum atomic E-state index is -0.292. The summed E-state index contributed by atoms with van der Waals surface area (Å²) in [5.74, 6) is 0.153. The maximum Gasteiger partial charge on any atom is 0.273 e. The van der Waals surface area contributed by atoms with Gasteiger partial charge in [0.25, 0.3) is 5.91 Å². The van der Waals surface area contributed by atoms with Crippen LogP contribution in [-0.4, -0.2) is 51.1 Å². The number of carbonyl (C=O) groups is 1. The molecule has 0 bridgehead atoms. The Morgan fingerprint density at radius 2 is 2.00 bits per heavy atom. The van der Waals surface area contributed by atoms with E-state index in [2.05, 4.69) is 41.5 Å². The average molecular weight is 449 g/mol. The van der Waals surface area contributed by atoms with Crippen molar-refractivity contribution >= 4 is 33.6 Å². The molecule has 10 heteroatoms. The quantitative estimate of drug-likeness (QED) is 0.321. The van der Waals surface area contributed by atoms with E-state index in [4.69, 9.17) is 4.74 Å². The fraction of sp³-hybridized carbons (Fsp3) is 0.235. The molecule has 1 aromatic carbocycles. The molecule has 1 amide bonds. The molecule has 1 N–H and O–H groups in total. The molecule has 0 unspecified atom stereocenters. The molecule has 3 aromatic rings. The molecular weight excluding hydrogens is 432 g/mol. The lowest BCUT2D eigenvalue weighted by atomic mass is 10.3. The Bertz CT molecular complexity index is 888. The molecule has 0 spiro atoms. The van der Waals surface area contributed by atoms with Gasteiger partial charge in [-0.25, -0.2) is 14.6 Å². The number of nitrogens with one attached hydrogen (secondary N) is 1. The van der Waals surface area contributed by atoms with E-state index < -0.39 is 0 Å². The number of halogens is 1. The predicted molar refractivity (Wildman–Crippen MR) is 105 cm³/mol. The van der Waals surface area contributed by atoms with Gasteiger partial charge in [0, 0.05) is 36.3 Å². The topological polar surface area (TPSA) is 94.8 Å². The Morgan fingerprint density at radius 1 is 1.26 bits per heavy atom. The van der Waals surface area contributed by atoms with Gasteiger partial charge in [-0.3, -0.25) is 4.79 Å². The number of hydrogen-bond acceptors (Lipinski definition) is 7. The SMILES string of the molecule is COCCNC(=O)c1nnn(-c2ccc(Br)cc2)c1CSc1ncccn1. The number of amides is 1. The van der Waals surface area contributed by atoms with Gasteiger partial charge in [-0.2, -0.15) is 0 Å². The molecule has 0 fully saturated rings. The monoisotopic (exact) mass is 448 g/mol. The third kappa shape index (κ3) is 5.12. The van der Waals surface area contributed by atoms with E-state index >= 15 is 0 Å². The lowest BCUT2D eigenvalue weighted by molar-refractivity contribution is 0.0931. The maximum atomic E-state index is 12.5. The molecule has 0 aliphatic carbocycles. The Balaban J connectivity index is 1.88. The van der Waals surface area contributed by atoms with Crippen LogP contribution in [0.2, 0.25) is 0 Å². The summed E-state index contributed by atoms with van der Waals surface area (Å²) in [6, 6.07) is 9.38. The van der Waals surface area contributed by atoms with Gasteiger partial charge in [-0.1, -0.05) is 32.9 Å². The van der Waals surface area contributed by atoms with E-state index in [1.807, 2.05) is 24.3 Å². The molecule has 0 saturated heterocycles. The molecule has 140 valence electrons. The molecule has 3 rings (SSSR count). The van der Waals surface area contributed by atoms with E-state index in [1.165, 1.54) is 11.8 Å². The molecule has 2 aromatic heterocycles. The highest BCUT2D eigenvalue weighted by Gasteiger charge is 2.21. The predicted octanol–water partition coefficient (Wildman–Crippen LogP) is 2.49. The van der Waals surface area contributed by atoms with Gasteiger partial charge in [0.05, 0.1) is 18.0 Å². The highest BCUT2D eigenvalue weighted by Crippen LogP contribution is 2.23. The zero-order valence-electron chi connectivity index (χ0n) is 14.5. The molecule has 0 atom stereocenters. The van der Waals surface area contributed by atoms with Crippen molar-refractivity contribution in [2.75, 3.05) is 20.3 Å². The Kier molecular flexibility index (Phi) is 6.91. The van der Waals surface area contributed by atoms with Crippen LogP contribution < -0.4 is 5.32 Å². The van der Waals surface area contributed by atoms with E-state index in [0.29, 0.717) is 29.8 Å². The summed E-state index contributed by atoms with van der Waals surface area (Å²) in [4.78, 5) is 20.9. The summed E-state index contributed by atoms with van der Waals surface area (Å²) < 4.78 is 7.58. The zero-order valence-corrected chi connectivity index (χ0v) is 16.9. The van der Waals surface area contributed by atoms with Crippen molar-refractivity contribution in [1.29, 1.82) is 0 Å². The minimum absolute atomic E-state index is 0.275. The number of methoxy groups -OCH3 is 1. The number of aromatic nitrogens is 5. The Hall–Kier alpha value is -2.30. The average Bonchev–Trinajstić information content (AvgIpc) is 3.12. The normalized spacial score (nSPS) is 10.7. The molecule has 2 heterocycles. The summed E-state index contributed by atoms with van der Waals surface area (Å²) in [6.07, 6.45) is 3.36. The smallest absolute Gasteiger partial charge is 0.273 e. The highest BCUT2D eigenvalue weighted by atomic mass is 79.9. The van der Waals surface area contributed by atoms with Crippen LogP contribution in [0.3, 0.4) is 0 Å². The summed E-state index contributed by atoms with van der Waals surface area (Å²) in [7, 11) is 1.58. The van der Waals surface area contributed by atoms with Gasteiger partial charge >= 0.3 is 0 Å². The standard InChI is InChI=1S/C17H17BrN6O2S/c1-26-10-9-19-16(25)15-14(11-27-17-20-7-2-8-21-17)24(23-22-15)13-5-3-12(18)4-6-13/h2-8H,9-11H2,1H3,(H,19,25). The van der Waals surface area contributed by atoms with Gasteiger partial charge < -0.3 is 10.1 Å². The Morgan fingerprint density at radius 3 is 2.70 bits per heavy atom. The van der Waals surface area contributed by atoms with Gasteiger partial charge in [-0.05, 0) is 30.3 Å². The van der Waals surface area contributed by atoms with Crippen molar-refractivity contribution in [3.8, 4) is 5.69 Å². The van der Waals surface area contributed by atoms with E-state index in [-0.39, 0.29) is 11.6 Å². The van der Waals surface area contributed by atoms with Gasteiger partial charge in [0.2, 0.25) is 0 Å². The van der Waals surface area contributed by atoms with Crippen LogP contribution in [0.1, 0.15) is 16.2 Å². The fourth-order valence-corrected chi connectivity index (χ4v) is 3.30. The number of nitrogens with zero attached hydrogens (tertiary/aromatic N) is 5. The van der Waals surface area contributed by atoms with Crippen LogP contribution in [-0.2, 0) is 10.5 Å². The molecule has 0 aliphatic rings. The third-order valence-corrected chi connectivity index (χ3v) is 4.94. The number of carbonyl (C=O) groups excluding carboxylic acids is 1. The van der Waals surface area contributed by atoms with Crippen molar-refractivity contribution in [3.63, 3.8) is 0 Å². The first kappa shape index (κ1) is 19.5. The first-order valence-electron chi connectivity index (χ1n) is 8.06. The van der Waals surface area contributed by atoms with Gasteiger partial charge in [0.15, 0.2) is 10.9 Å². The second-order valence-corrected chi connectivity index (χ2v) is 7.20. The molecule has 0 saturated carbocycles. The van der Waals surface area contributed by atoms with Gasteiger partial charge in [-0.15, -0.1) is 5.10 Å². The highest BCUT2D eigenvalue weighted by molar-refractivity contribution is 9.10. The minimum Gasteiger partial charge on any atom is -0.383 e. The van der Waals surface area contributed by atoms with Crippen molar-refractivity contribution < 1.29 is 9.53 Å². The van der Waals surface area contributed by atoms with E-state index in [1.54, 1.807) is 30.3 Å². The zero-order chi connectivity index (χ0) is 19.1. The first-order valence-corrected chi connectivity index (χ1v) is 9.84. The van der Waals surface area contributed by atoms with E-state index in [9.17, 15) is 4.79 Å². The number of benzene rings is 1. The molecule has 8 nitrogen and oxygen atoms in total. The van der Waals surface area contributed by atoms with E-state index in [0.717, 1.165) is 10.2 Å². The third-order valence-electron chi connectivity index (χ3n) is 3.52. The summed E-state index contributed by atoms with van der Waals surface area (Å²) in [5.41, 5.74) is 1.76. The van der Waals surface area contributed by atoms with Crippen LogP contribution in [0.25, 0.3) is 5.69 Å². The molecule has 0 radical (unpaired) electrons. The van der Waals surface area contributed by atoms with Crippen LogP contribution in [0.5, 0.6) is 0 Å². The van der Waals surface area contributed by atoms with Crippen molar-refractivity contribution in [2.45, 2.75) is 10.9 Å². The lowest BCUT2D eigenvalue weighted by Crippen LogP contribution is -2.28. The van der Waals surface area contributed by atoms with Crippen LogP contribution in [0.15, 0.2) is 52.4 Å². The lowest BCUT2D eigenvalue weighted by Gasteiger charge is -2.08. The van der Waals surface area contributed by atoms with Crippen molar-refractivity contribution in [2.24, 2.45) is 0 Å².